The molecule has 3 rings (SSSR count). The summed E-state index contributed by atoms with van der Waals surface area (Å²) in [5, 5.41) is 0.892. The van der Waals surface area contributed by atoms with Crippen LogP contribution in [0.3, 0.4) is 0 Å². The average molecular weight is 440 g/mol. The summed E-state index contributed by atoms with van der Waals surface area (Å²) in [6.07, 6.45) is 2.26. The van der Waals surface area contributed by atoms with Crippen LogP contribution in [0.25, 0.3) is 11.0 Å². The van der Waals surface area contributed by atoms with E-state index in [1.165, 1.54) is 0 Å². The molecule has 0 radical (unpaired) electrons. The Kier molecular flexibility index (Phi) is 7.41. The van der Waals surface area contributed by atoms with Crippen LogP contribution in [0.1, 0.15) is 22.3 Å². The van der Waals surface area contributed by atoms with Gasteiger partial charge in [0, 0.05) is 24.5 Å². The highest BCUT2D eigenvalue weighted by atomic mass is 16.5. The van der Waals surface area contributed by atoms with Gasteiger partial charge in [0.05, 0.1) is 26.9 Å². The van der Waals surface area contributed by atoms with Gasteiger partial charge in [0.15, 0.2) is 18.1 Å². The van der Waals surface area contributed by atoms with E-state index in [4.69, 9.17) is 18.6 Å². The van der Waals surface area contributed by atoms with Crippen molar-refractivity contribution in [1.82, 2.24) is 4.90 Å². The molecule has 0 aliphatic rings. The number of carbonyl (C=O) groups excluding carboxylic acids is 2. The molecule has 1 heterocycles. The van der Waals surface area contributed by atoms with Gasteiger partial charge >= 0.3 is 5.97 Å². The number of methoxy groups -OCH3 is 2. The maximum Gasteiger partial charge on any atom is 0.310 e. The third-order valence-corrected chi connectivity index (χ3v) is 5.57. The maximum absolute atomic E-state index is 12.4. The van der Waals surface area contributed by atoms with Crippen molar-refractivity contribution >= 4 is 22.8 Å². The van der Waals surface area contributed by atoms with E-state index in [0.29, 0.717) is 24.5 Å². The predicted molar refractivity (Wildman–Crippen MR) is 121 cm³/mol. The summed E-state index contributed by atoms with van der Waals surface area (Å²) in [4.78, 5) is 26.2. The van der Waals surface area contributed by atoms with Crippen LogP contribution in [0.4, 0.5) is 0 Å². The van der Waals surface area contributed by atoms with E-state index in [0.717, 1.165) is 33.2 Å². The Morgan fingerprint density at radius 1 is 1.00 bits per heavy atom. The molecular weight excluding hydrogens is 410 g/mol. The van der Waals surface area contributed by atoms with Gasteiger partial charge in [-0.05, 0) is 61.2 Å². The fraction of sp³-hybridized carbons (Fsp3) is 0.360. The van der Waals surface area contributed by atoms with E-state index in [2.05, 4.69) is 0 Å². The summed E-state index contributed by atoms with van der Waals surface area (Å²) >= 11 is 0. The molecule has 170 valence electrons. The Labute approximate surface area is 187 Å². The highest BCUT2D eigenvalue weighted by Crippen LogP contribution is 2.28. The molecule has 0 saturated heterocycles. The Hall–Kier alpha value is -3.48. The minimum absolute atomic E-state index is 0.0537. The predicted octanol–water partition coefficient (Wildman–Crippen LogP) is 3.85. The number of rotatable bonds is 9. The van der Waals surface area contributed by atoms with Crippen molar-refractivity contribution in [1.29, 1.82) is 0 Å². The van der Waals surface area contributed by atoms with Gasteiger partial charge in [-0.25, -0.2) is 0 Å². The van der Waals surface area contributed by atoms with Crippen LogP contribution < -0.4 is 9.47 Å². The van der Waals surface area contributed by atoms with Crippen molar-refractivity contribution in [2.45, 2.75) is 26.7 Å². The smallest absolute Gasteiger partial charge is 0.310 e. The number of amides is 1. The molecule has 0 spiro atoms. The lowest BCUT2D eigenvalue weighted by atomic mass is 10.0. The normalized spacial score (nSPS) is 10.8. The average Bonchev–Trinajstić information content (AvgIpc) is 3.16. The minimum atomic E-state index is -0.465. The highest BCUT2D eigenvalue weighted by molar-refractivity contribution is 5.87. The SMILES string of the molecule is COc1ccc(CCN(C)C(=O)COC(=O)Cc2coc3cc(C)c(C)cc23)cc1OC. The van der Waals surface area contributed by atoms with Gasteiger partial charge in [-0.3, -0.25) is 9.59 Å². The molecule has 7 nitrogen and oxygen atoms in total. The number of hydrogen-bond donors (Lipinski definition) is 0. The van der Waals surface area contributed by atoms with E-state index in [1.54, 1.807) is 32.4 Å². The molecule has 2 aromatic carbocycles. The number of nitrogens with zero attached hydrogens (tertiary/aromatic N) is 1. The molecule has 1 amide bonds. The molecule has 32 heavy (non-hydrogen) atoms. The first-order valence-electron chi connectivity index (χ1n) is 10.4. The number of aryl methyl sites for hydroxylation is 2. The summed E-state index contributed by atoms with van der Waals surface area (Å²) in [5.41, 5.74) is 4.75. The summed E-state index contributed by atoms with van der Waals surface area (Å²) in [7, 11) is 4.86. The number of furan rings is 1. The number of likely N-dealkylation sites (N-methyl/N-ethyl adjacent to an activating group) is 1. The van der Waals surface area contributed by atoms with Gasteiger partial charge in [-0.1, -0.05) is 6.07 Å². The van der Waals surface area contributed by atoms with Crippen LogP contribution in [0.2, 0.25) is 0 Å². The van der Waals surface area contributed by atoms with Crippen LogP contribution in [0, 0.1) is 13.8 Å². The standard InChI is InChI=1S/C25H29NO6/c1-16-10-20-19(14-31-22(20)11-17(16)2)13-25(28)32-15-24(27)26(3)9-8-18-6-7-21(29-4)23(12-18)30-5/h6-7,10-12,14H,8-9,13,15H2,1-5H3. The maximum atomic E-state index is 12.4. The van der Waals surface area contributed by atoms with Crippen molar-refractivity contribution in [3.8, 4) is 11.5 Å². The molecule has 0 saturated carbocycles. The third-order valence-electron chi connectivity index (χ3n) is 5.57. The van der Waals surface area contributed by atoms with Crippen LogP contribution >= 0.6 is 0 Å². The van der Waals surface area contributed by atoms with Crippen molar-refractivity contribution in [2.24, 2.45) is 0 Å². The first-order valence-corrected chi connectivity index (χ1v) is 10.4. The number of hydrogen-bond acceptors (Lipinski definition) is 6. The molecule has 0 N–H and O–H groups in total. The van der Waals surface area contributed by atoms with Gasteiger partial charge in [-0.15, -0.1) is 0 Å². The lowest BCUT2D eigenvalue weighted by Crippen LogP contribution is -2.33. The van der Waals surface area contributed by atoms with Gasteiger partial charge in [0.25, 0.3) is 5.91 Å². The molecule has 0 bridgehead atoms. The molecule has 0 fully saturated rings. The first kappa shape index (κ1) is 23.2. The number of esters is 1. The van der Waals surface area contributed by atoms with Gasteiger partial charge in [-0.2, -0.15) is 0 Å². The van der Waals surface area contributed by atoms with Crippen LogP contribution in [0.15, 0.2) is 41.0 Å². The van der Waals surface area contributed by atoms with E-state index >= 15 is 0 Å². The second kappa shape index (κ2) is 10.2. The van der Waals surface area contributed by atoms with E-state index in [9.17, 15) is 9.59 Å². The summed E-state index contributed by atoms with van der Waals surface area (Å²) in [6, 6.07) is 9.61. The molecular formula is C25H29NO6. The van der Waals surface area contributed by atoms with Crippen molar-refractivity contribution in [3.05, 3.63) is 58.8 Å². The molecule has 7 heteroatoms. The summed E-state index contributed by atoms with van der Waals surface area (Å²) in [6.45, 7) is 4.21. The number of ether oxygens (including phenoxy) is 3. The van der Waals surface area contributed by atoms with Crippen molar-refractivity contribution in [3.63, 3.8) is 0 Å². The van der Waals surface area contributed by atoms with E-state index in [-0.39, 0.29) is 18.9 Å². The monoisotopic (exact) mass is 439 g/mol. The number of carbonyl (C=O) groups is 2. The molecule has 0 unspecified atom stereocenters. The third kappa shape index (κ3) is 5.41. The second-order valence-electron chi connectivity index (χ2n) is 7.79. The first-order chi connectivity index (χ1) is 15.3. The number of benzene rings is 2. The fourth-order valence-electron chi connectivity index (χ4n) is 3.39. The van der Waals surface area contributed by atoms with Crippen LogP contribution in [-0.2, 0) is 27.2 Å². The van der Waals surface area contributed by atoms with Crippen LogP contribution in [-0.4, -0.2) is 51.2 Å². The second-order valence-corrected chi connectivity index (χ2v) is 7.79. The van der Waals surface area contributed by atoms with E-state index < -0.39 is 5.97 Å². The van der Waals surface area contributed by atoms with Crippen LogP contribution in [0.5, 0.6) is 11.5 Å². The zero-order valence-electron chi connectivity index (χ0n) is 19.2. The molecule has 0 atom stereocenters. The lowest BCUT2D eigenvalue weighted by molar-refractivity contribution is -0.150. The molecule has 0 aliphatic carbocycles. The Balaban J connectivity index is 1.49. The molecule has 3 aromatic rings. The van der Waals surface area contributed by atoms with Gasteiger partial charge in [0.1, 0.15) is 5.58 Å². The largest absolute Gasteiger partial charge is 0.493 e. The lowest BCUT2D eigenvalue weighted by Gasteiger charge is -2.17. The zero-order valence-corrected chi connectivity index (χ0v) is 19.2. The highest BCUT2D eigenvalue weighted by Gasteiger charge is 2.16. The fourth-order valence-corrected chi connectivity index (χ4v) is 3.39. The van der Waals surface area contributed by atoms with Gasteiger partial charge < -0.3 is 23.5 Å². The van der Waals surface area contributed by atoms with Crippen molar-refractivity contribution in [2.75, 3.05) is 34.4 Å². The number of fused-ring (bicyclic) bond motifs is 1. The van der Waals surface area contributed by atoms with E-state index in [1.807, 2.05) is 44.2 Å². The zero-order chi connectivity index (χ0) is 23.3. The Morgan fingerprint density at radius 3 is 2.44 bits per heavy atom. The quantitative estimate of drug-likeness (QED) is 0.471. The Bertz CT molecular complexity index is 1120. The topological polar surface area (TPSA) is 78.2 Å². The Morgan fingerprint density at radius 2 is 1.72 bits per heavy atom. The van der Waals surface area contributed by atoms with Gasteiger partial charge in [0.2, 0.25) is 0 Å². The molecule has 0 aliphatic heterocycles. The summed E-state index contributed by atoms with van der Waals surface area (Å²) in [5.74, 6) is 0.572. The summed E-state index contributed by atoms with van der Waals surface area (Å²) < 4.78 is 21.3. The minimum Gasteiger partial charge on any atom is -0.493 e. The molecule has 1 aromatic heterocycles. The van der Waals surface area contributed by atoms with Crippen molar-refractivity contribution < 1.29 is 28.2 Å².